The Morgan fingerprint density at radius 2 is 1.43 bits per heavy atom. The molecule has 5 heteroatoms. The maximum Gasteiger partial charge on any atom is 0 e. The van der Waals surface area contributed by atoms with Crippen LogP contribution in [0, 0.1) is 20.6 Å². The van der Waals surface area contributed by atoms with E-state index in [-0.39, 0.29) is 54.8 Å². The minimum Gasteiger partial charge on any atom is 0 e. The molecule has 0 radical (unpaired) electrons. The van der Waals surface area contributed by atoms with Gasteiger partial charge in [-0.1, -0.05) is 0 Å². The SMILES string of the molecule is N#[C][Ni][C]#N.[CaH2].[Fe]. The van der Waals surface area contributed by atoms with Gasteiger partial charge in [-0.3, -0.25) is 0 Å². The van der Waals surface area contributed by atoms with Crippen molar-refractivity contribution in [2.75, 3.05) is 0 Å². The third-order valence-corrected chi connectivity index (χ3v) is 0.292. The average molecular weight is 209 g/mol. The van der Waals surface area contributed by atoms with Crippen LogP contribution >= 0.6 is 0 Å². The van der Waals surface area contributed by atoms with E-state index in [1.54, 1.807) is 10.1 Å². The summed E-state index contributed by atoms with van der Waals surface area (Å²) in [6.07, 6.45) is 0. The van der Waals surface area contributed by atoms with Crippen LogP contribution < -0.4 is 0 Å². The third-order valence-electron chi connectivity index (χ3n) is 0.0707. The van der Waals surface area contributed by atoms with Gasteiger partial charge in [-0.05, 0) is 0 Å². The Morgan fingerprint density at radius 1 is 1.14 bits per heavy atom. The van der Waals surface area contributed by atoms with Crippen molar-refractivity contribution in [3.05, 3.63) is 0 Å². The van der Waals surface area contributed by atoms with Gasteiger partial charge in [0.2, 0.25) is 0 Å². The molecule has 7 heavy (non-hydrogen) atoms. The van der Waals surface area contributed by atoms with E-state index in [1.165, 1.54) is 0 Å². The Bertz CT molecular complexity index is 80.8. The predicted octanol–water partition coefficient (Wildman–Crippen LogP) is -0.888. The maximum atomic E-state index is 7.57. The van der Waals surface area contributed by atoms with Crippen molar-refractivity contribution in [1.82, 2.24) is 0 Å². The van der Waals surface area contributed by atoms with Gasteiger partial charge in [0.1, 0.15) is 0 Å². The van der Waals surface area contributed by atoms with Crippen LogP contribution in [0.4, 0.5) is 0 Å². The second-order valence-corrected chi connectivity index (χ2v) is 0.909. The third kappa shape index (κ3) is 18.9. The van der Waals surface area contributed by atoms with E-state index in [9.17, 15) is 0 Å². The smallest absolute Gasteiger partial charge is 0 e. The Labute approximate surface area is 88.5 Å². The van der Waals surface area contributed by atoms with Gasteiger partial charge in [0.05, 0.1) is 0 Å². The molecule has 0 aromatic heterocycles. The van der Waals surface area contributed by atoms with Gasteiger partial charge in [0.25, 0.3) is 0 Å². The fraction of sp³-hybridized carbons (Fsp3) is 0. The monoisotopic (exact) mass is 208 g/mol. The van der Waals surface area contributed by atoms with E-state index < -0.39 is 0 Å². The predicted molar refractivity (Wildman–Crippen MR) is 19.8 cm³/mol. The van der Waals surface area contributed by atoms with Crippen molar-refractivity contribution in [2.45, 2.75) is 0 Å². The van der Waals surface area contributed by atoms with Crippen LogP contribution in [-0.4, -0.2) is 37.7 Å². The van der Waals surface area contributed by atoms with Gasteiger partial charge in [0, 0.05) is 17.1 Å². The molecule has 0 spiro atoms. The molecule has 0 aliphatic rings. The second kappa shape index (κ2) is 15.7. The molecule has 0 aromatic carbocycles. The zero-order chi connectivity index (χ0) is 4.12. The van der Waals surface area contributed by atoms with Crippen molar-refractivity contribution in [3.63, 3.8) is 0 Å². The molecular formula is C2H2CaFeN2Ni. The molecule has 0 unspecified atom stereocenters. The molecule has 0 amide bonds. The van der Waals surface area contributed by atoms with Gasteiger partial charge in [-0.25, -0.2) is 0 Å². The van der Waals surface area contributed by atoms with Gasteiger partial charge in [-0.2, -0.15) is 0 Å². The van der Waals surface area contributed by atoms with Crippen LogP contribution in [0.15, 0.2) is 0 Å². The Kier molecular flexibility index (Phi) is 35.2. The van der Waals surface area contributed by atoms with Crippen LogP contribution in [0.5, 0.6) is 0 Å². The Hall–Kier alpha value is 1.25. The summed E-state index contributed by atoms with van der Waals surface area (Å²) < 4.78 is 0. The van der Waals surface area contributed by atoms with Gasteiger partial charge in [0.15, 0.2) is 0 Å². The minimum absolute atomic E-state index is 0. The van der Waals surface area contributed by atoms with Crippen LogP contribution in [0.2, 0.25) is 0 Å². The van der Waals surface area contributed by atoms with E-state index >= 15 is 0 Å². The Balaban J connectivity index is -0.0000000800. The summed E-state index contributed by atoms with van der Waals surface area (Å²) in [6, 6.07) is 0. The zero-order valence-electron chi connectivity index (χ0n) is 2.56. The van der Waals surface area contributed by atoms with Gasteiger partial charge in [-0.15, -0.1) is 0 Å². The van der Waals surface area contributed by atoms with E-state index in [1.807, 2.05) is 0 Å². The summed E-state index contributed by atoms with van der Waals surface area (Å²) in [5.41, 5.74) is 0. The number of hydrogen-bond donors (Lipinski definition) is 0. The fourth-order valence-corrected chi connectivity index (χ4v) is 0.0652. The molecule has 0 saturated heterocycles. The van der Waals surface area contributed by atoms with Crippen molar-refractivity contribution < 1.29 is 31.5 Å². The molecule has 0 saturated carbocycles. The molecule has 0 aliphatic carbocycles. The van der Waals surface area contributed by atoms with Crippen molar-refractivity contribution in [2.24, 2.45) is 0 Å². The quantitative estimate of drug-likeness (QED) is 0.485. The molecule has 0 fully saturated rings. The van der Waals surface area contributed by atoms with Crippen LogP contribution in [0.3, 0.4) is 0 Å². The molecule has 2 nitrogen and oxygen atoms in total. The first-order valence-corrected chi connectivity index (χ1v) is 1.75. The summed E-state index contributed by atoms with van der Waals surface area (Å²) in [4.78, 5) is 0. The first-order chi connectivity index (χ1) is 2.41. The first kappa shape index (κ1) is 15.7. The first-order valence-electron chi connectivity index (χ1n) is 0.763. The fourth-order valence-electron chi connectivity index (χ4n) is 0.0158. The zero-order valence-corrected chi connectivity index (χ0v) is 4.66. The molecule has 40 valence electrons. The van der Waals surface area contributed by atoms with E-state index in [0.29, 0.717) is 14.4 Å². The molecule has 0 heterocycles. The number of rotatable bonds is 0. The molecular weight excluding hydrogens is 207 g/mol. The molecule has 0 aliphatic heterocycles. The largest absolute Gasteiger partial charge is 0 e. The second-order valence-electron chi connectivity index (χ2n) is 0.220. The van der Waals surface area contributed by atoms with Crippen molar-refractivity contribution in [3.8, 4) is 10.1 Å². The maximum absolute atomic E-state index is 7.57. The van der Waals surface area contributed by atoms with E-state index in [2.05, 4.69) is 0 Å². The number of nitriles is 2. The number of hydrogen-bond acceptors (Lipinski definition) is 2. The number of nitrogens with zero attached hydrogens (tertiary/aromatic N) is 2. The van der Waals surface area contributed by atoms with Crippen molar-refractivity contribution >= 4 is 37.7 Å². The molecule has 0 bridgehead atoms. The molecule has 0 aromatic rings. The average Bonchev–Trinajstić information content (AvgIpc) is 1.41. The minimum atomic E-state index is 0. The summed E-state index contributed by atoms with van der Waals surface area (Å²) in [7, 11) is 0. The molecule has 0 N–H and O–H groups in total. The summed E-state index contributed by atoms with van der Waals surface area (Å²) in [5, 5.41) is 18.3. The van der Waals surface area contributed by atoms with Crippen LogP contribution in [0.25, 0.3) is 0 Å². The normalized spacial score (nSPS) is 3.71. The topological polar surface area (TPSA) is 47.6 Å². The van der Waals surface area contributed by atoms with E-state index in [0.717, 1.165) is 0 Å². The Morgan fingerprint density at radius 3 is 1.43 bits per heavy atom. The summed E-state index contributed by atoms with van der Waals surface area (Å²) in [6.45, 7) is 0. The molecule has 0 rings (SSSR count). The summed E-state index contributed by atoms with van der Waals surface area (Å²) in [5.74, 6) is 0. The van der Waals surface area contributed by atoms with Crippen molar-refractivity contribution in [1.29, 1.82) is 10.5 Å². The summed E-state index contributed by atoms with van der Waals surface area (Å²) >= 11 is 0.431. The van der Waals surface area contributed by atoms with Gasteiger partial charge < -0.3 is 0 Å². The van der Waals surface area contributed by atoms with Gasteiger partial charge >= 0.3 is 72.8 Å². The van der Waals surface area contributed by atoms with Crippen LogP contribution in [-0.2, 0) is 31.5 Å². The van der Waals surface area contributed by atoms with E-state index in [4.69, 9.17) is 10.5 Å². The molecule has 0 atom stereocenters. The standard InChI is InChI=1S/2CN.Ca.Fe.Ni.2H/c2*1-2;;;;;. The van der Waals surface area contributed by atoms with Crippen LogP contribution in [0.1, 0.15) is 0 Å².